The minimum atomic E-state index is -3.67. The average molecular weight is 495 g/mol. The van der Waals surface area contributed by atoms with Crippen molar-refractivity contribution in [3.63, 3.8) is 0 Å². The van der Waals surface area contributed by atoms with E-state index in [-0.39, 0.29) is 16.8 Å². The van der Waals surface area contributed by atoms with Crippen LogP contribution in [0.4, 0.5) is 5.69 Å². The highest BCUT2D eigenvalue weighted by Gasteiger charge is 2.22. The molecule has 3 aromatic rings. The Labute approximate surface area is 183 Å². The number of nitrogens with one attached hydrogen (secondary N) is 1. The van der Waals surface area contributed by atoms with Gasteiger partial charge in [0.05, 0.1) is 15.5 Å². The van der Waals surface area contributed by atoms with Crippen molar-refractivity contribution < 1.29 is 13.2 Å². The number of nitrogens with zero attached hydrogens (tertiary/aromatic N) is 1. The van der Waals surface area contributed by atoms with Gasteiger partial charge in [0, 0.05) is 22.3 Å². The van der Waals surface area contributed by atoms with Crippen molar-refractivity contribution in [2.75, 3.05) is 11.4 Å². The van der Waals surface area contributed by atoms with Crippen LogP contribution in [0, 0.1) is 0 Å². The number of halogens is 1. The van der Waals surface area contributed by atoms with Crippen LogP contribution in [0.3, 0.4) is 0 Å². The third-order valence-corrected chi connectivity index (χ3v) is 8.10. The van der Waals surface area contributed by atoms with Crippen LogP contribution in [-0.2, 0) is 10.0 Å². The average Bonchev–Trinajstić information content (AvgIpc) is 3.11. The smallest absolute Gasteiger partial charge is 0.264 e. The van der Waals surface area contributed by atoms with E-state index in [2.05, 4.69) is 28.2 Å². The first-order valence-corrected chi connectivity index (χ1v) is 12.4. The maximum Gasteiger partial charge on any atom is 0.264 e. The molecule has 1 atom stereocenters. The van der Waals surface area contributed by atoms with Gasteiger partial charge in [0.2, 0.25) is 0 Å². The molecule has 0 aliphatic rings. The van der Waals surface area contributed by atoms with E-state index in [0.29, 0.717) is 10.6 Å². The number of rotatable bonds is 7. The van der Waals surface area contributed by atoms with E-state index in [1.165, 1.54) is 22.7 Å². The molecule has 0 saturated carbocycles. The van der Waals surface area contributed by atoms with Gasteiger partial charge < -0.3 is 5.32 Å². The Bertz CT molecular complexity index is 1120. The maximum absolute atomic E-state index is 12.9. The minimum Gasteiger partial charge on any atom is -0.349 e. The number of hydrogen-bond acceptors (Lipinski definition) is 4. The molecule has 0 aliphatic carbocycles. The lowest BCUT2D eigenvalue weighted by Gasteiger charge is -2.19. The molecule has 1 amide bonds. The second kappa shape index (κ2) is 8.85. The number of anilines is 1. The number of benzene rings is 2. The first-order chi connectivity index (χ1) is 13.7. The lowest BCUT2D eigenvalue weighted by Crippen LogP contribution is -2.31. The van der Waals surface area contributed by atoms with E-state index in [1.807, 2.05) is 19.1 Å². The fourth-order valence-corrected chi connectivity index (χ4v) is 5.44. The summed E-state index contributed by atoms with van der Waals surface area (Å²) < 4.78 is 28.9. The summed E-state index contributed by atoms with van der Waals surface area (Å²) in [6.07, 6.45) is 1.94. The summed E-state index contributed by atoms with van der Waals surface area (Å²) in [6.45, 7) is 4.08. The van der Waals surface area contributed by atoms with Crippen LogP contribution in [-0.4, -0.2) is 27.4 Å². The van der Waals surface area contributed by atoms with Gasteiger partial charge in [-0.2, -0.15) is 0 Å². The van der Waals surface area contributed by atoms with Crippen molar-refractivity contribution in [1.82, 2.24) is 5.32 Å². The molecule has 0 radical (unpaired) electrons. The Morgan fingerprint density at radius 2 is 1.86 bits per heavy atom. The van der Waals surface area contributed by atoms with Crippen molar-refractivity contribution in [3.05, 3.63) is 57.9 Å². The largest absolute Gasteiger partial charge is 0.349 e. The number of hydrogen-bond donors (Lipinski definition) is 1. The van der Waals surface area contributed by atoms with Crippen molar-refractivity contribution in [2.45, 2.75) is 37.6 Å². The number of carbonyl (C=O) groups excluding carboxylic acids is 1. The van der Waals surface area contributed by atoms with Gasteiger partial charge in [-0.1, -0.05) is 29.3 Å². The molecule has 2 aromatic carbocycles. The monoisotopic (exact) mass is 494 g/mol. The molecule has 1 unspecified atom stereocenters. The van der Waals surface area contributed by atoms with E-state index < -0.39 is 10.0 Å². The summed E-state index contributed by atoms with van der Waals surface area (Å²) in [7, 11) is -2.14. The summed E-state index contributed by atoms with van der Waals surface area (Å²) in [6, 6.07) is 13.9. The quantitative estimate of drug-likeness (QED) is 0.477. The molecule has 154 valence electrons. The van der Waals surface area contributed by atoms with Gasteiger partial charge in [0.25, 0.3) is 15.9 Å². The molecule has 0 saturated heterocycles. The molecule has 0 fully saturated rings. The lowest BCUT2D eigenvalue weighted by molar-refractivity contribution is 0.0942. The fourth-order valence-electron chi connectivity index (χ4n) is 3.04. The van der Waals surface area contributed by atoms with Crippen molar-refractivity contribution in [3.8, 4) is 0 Å². The molecule has 1 N–H and O–H groups in total. The topological polar surface area (TPSA) is 66.5 Å². The van der Waals surface area contributed by atoms with Crippen molar-refractivity contribution >= 4 is 59.0 Å². The number of fused-ring (bicyclic) bond motifs is 1. The summed E-state index contributed by atoms with van der Waals surface area (Å²) in [5, 5.41) is 3.85. The summed E-state index contributed by atoms with van der Waals surface area (Å²) in [5.74, 6) is -0.0930. The van der Waals surface area contributed by atoms with Crippen LogP contribution >= 0.6 is 27.3 Å². The van der Waals surface area contributed by atoms with Gasteiger partial charge >= 0.3 is 0 Å². The molecule has 5 nitrogen and oxygen atoms in total. The second-order valence-corrected chi connectivity index (χ2v) is 10.9. The van der Waals surface area contributed by atoms with Crippen molar-refractivity contribution in [2.24, 2.45) is 0 Å². The number of sulfonamides is 1. The van der Waals surface area contributed by atoms with Gasteiger partial charge in [-0.15, -0.1) is 11.3 Å². The van der Waals surface area contributed by atoms with Crippen LogP contribution in [0.25, 0.3) is 10.1 Å². The fraction of sp³-hybridized carbons (Fsp3) is 0.286. The molecule has 0 aliphatic heterocycles. The Kier molecular flexibility index (Phi) is 6.65. The Balaban J connectivity index is 1.87. The third-order valence-electron chi connectivity index (χ3n) is 4.66. The minimum absolute atomic E-state index is 0.0930. The zero-order chi connectivity index (χ0) is 21.2. The SMILES string of the molecule is CCCC(C)NC(=O)c1cc2cc(N(C)S(=O)(=O)c3ccc(Br)cc3)ccc2s1. The molecule has 1 aromatic heterocycles. The van der Waals surface area contributed by atoms with E-state index in [9.17, 15) is 13.2 Å². The summed E-state index contributed by atoms with van der Waals surface area (Å²) >= 11 is 4.72. The standard InChI is InChI=1S/C21H23BrN2O3S2/c1-4-5-14(2)23-21(25)20-13-15-12-17(8-11-19(15)28-20)24(3)29(26,27)18-9-6-16(22)7-10-18/h6-14H,4-5H2,1-3H3,(H,23,25). The number of amides is 1. The summed E-state index contributed by atoms with van der Waals surface area (Å²) in [4.78, 5) is 13.3. The zero-order valence-corrected chi connectivity index (χ0v) is 19.7. The zero-order valence-electron chi connectivity index (χ0n) is 16.5. The summed E-state index contributed by atoms with van der Waals surface area (Å²) in [5.41, 5.74) is 0.546. The highest BCUT2D eigenvalue weighted by atomic mass is 79.9. The third kappa shape index (κ3) is 4.82. The molecule has 0 spiro atoms. The molecule has 3 rings (SSSR count). The highest BCUT2D eigenvalue weighted by molar-refractivity contribution is 9.10. The van der Waals surface area contributed by atoms with Crippen LogP contribution < -0.4 is 9.62 Å². The Morgan fingerprint density at radius 1 is 1.17 bits per heavy atom. The lowest BCUT2D eigenvalue weighted by atomic mass is 10.2. The second-order valence-electron chi connectivity index (χ2n) is 6.92. The molecular formula is C21H23BrN2O3S2. The molecule has 0 bridgehead atoms. The maximum atomic E-state index is 12.9. The van der Waals surface area contributed by atoms with Gasteiger partial charge in [-0.25, -0.2) is 8.42 Å². The number of thiophene rings is 1. The van der Waals surface area contributed by atoms with Crippen LogP contribution in [0.5, 0.6) is 0 Å². The first kappa shape index (κ1) is 21.8. The number of carbonyl (C=O) groups is 1. The first-order valence-electron chi connectivity index (χ1n) is 9.31. The molecule has 1 heterocycles. The van der Waals surface area contributed by atoms with E-state index >= 15 is 0 Å². The normalized spacial score (nSPS) is 12.7. The Hall–Kier alpha value is -1.90. The predicted molar refractivity (Wildman–Crippen MR) is 123 cm³/mol. The van der Waals surface area contributed by atoms with E-state index in [1.54, 1.807) is 36.4 Å². The molecule has 8 heteroatoms. The molecule has 29 heavy (non-hydrogen) atoms. The van der Waals surface area contributed by atoms with Gasteiger partial charge in [-0.3, -0.25) is 9.10 Å². The van der Waals surface area contributed by atoms with Crippen LogP contribution in [0.1, 0.15) is 36.4 Å². The van der Waals surface area contributed by atoms with Gasteiger partial charge in [-0.05, 0) is 67.3 Å². The van der Waals surface area contributed by atoms with Crippen LogP contribution in [0.2, 0.25) is 0 Å². The van der Waals surface area contributed by atoms with E-state index in [4.69, 9.17) is 0 Å². The predicted octanol–water partition coefficient (Wildman–Crippen LogP) is 5.41. The van der Waals surface area contributed by atoms with Crippen LogP contribution in [0.15, 0.2) is 57.9 Å². The van der Waals surface area contributed by atoms with Gasteiger partial charge in [0.1, 0.15) is 0 Å². The molecular weight excluding hydrogens is 472 g/mol. The van der Waals surface area contributed by atoms with Crippen molar-refractivity contribution in [1.29, 1.82) is 0 Å². The van der Waals surface area contributed by atoms with E-state index in [0.717, 1.165) is 27.4 Å². The van der Waals surface area contributed by atoms with Gasteiger partial charge in [0.15, 0.2) is 0 Å². The Morgan fingerprint density at radius 3 is 2.52 bits per heavy atom. The highest BCUT2D eigenvalue weighted by Crippen LogP contribution is 2.31.